The predicted octanol–water partition coefficient (Wildman–Crippen LogP) is 5.12. The predicted molar refractivity (Wildman–Crippen MR) is 89.2 cm³/mol. The van der Waals surface area contributed by atoms with Crippen molar-refractivity contribution in [2.45, 2.75) is 18.8 Å². The van der Waals surface area contributed by atoms with Gasteiger partial charge in [0.05, 0.1) is 5.69 Å². The zero-order valence-corrected chi connectivity index (χ0v) is 14.3. The first-order valence-electron chi connectivity index (χ1n) is 5.88. The van der Waals surface area contributed by atoms with E-state index in [1.54, 1.807) is 6.07 Å². The highest BCUT2D eigenvalue weighted by molar-refractivity contribution is 14.1. The summed E-state index contributed by atoms with van der Waals surface area (Å²) in [5, 5.41) is 3.78. The third kappa shape index (κ3) is 3.38. The third-order valence-corrected chi connectivity index (χ3v) is 4.40. The summed E-state index contributed by atoms with van der Waals surface area (Å²) < 4.78 is 2.15. The maximum Gasteiger partial charge on any atom is 0.135 e. The maximum atomic E-state index is 6.05. The van der Waals surface area contributed by atoms with Gasteiger partial charge in [0.25, 0.3) is 0 Å². The number of aromatic nitrogens is 2. The van der Waals surface area contributed by atoms with E-state index in [1.807, 2.05) is 12.1 Å². The van der Waals surface area contributed by atoms with Gasteiger partial charge in [0.2, 0.25) is 0 Å². The van der Waals surface area contributed by atoms with Crippen molar-refractivity contribution < 1.29 is 0 Å². The summed E-state index contributed by atoms with van der Waals surface area (Å²) in [5.74, 6) is 2.07. The van der Waals surface area contributed by atoms with Crippen LogP contribution in [0.5, 0.6) is 0 Å². The molecule has 1 fully saturated rings. The Morgan fingerprint density at radius 3 is 2.79 bits per heavy atom. The zero-order chi connectivity index (χ0) is 13.4. The van der Waals surface area contributed by atoms with Gasteiger partial charge in [-0.1, -0.05) is 11.6 Å². The van der Waals surface area contributed by atoms with Crippen molar-refractivity contribution in [3.05, 3.63) is 43.3 Å². The number of halogens is 3. The molecule has 1 aliphatic rings. The van der Waals surface area contributed by atoms with E-state index in [1.165, 1.54) is 0 Å². The van der Waals surface area contributed by atoms with Crippen LogP contribution in [0.15, 0.2) is 28.7 Å². The van der Waals surface area contributed by atoms with Crippen molar-refractivity contribution in [1.29, 1.82) is 0 Å². The van der Waals surface area contributed by atoms with Crippen molar-refractivity contribution in [2.75, 3.05) is 5.32 Å². The van der Waals surface area contributed by atoms with Crippen LogP contribution in [0.3, 0.4) is 0 Å². The highest BCUT2D eigenvalue weighted by atomic mass is 127. The third-order valence-electron chi connectivity index (χ3n) is 2.85. The Kier molecular flexibility index (Phi) is 3.96. The molecule has 1 heterocycles. The summed E-state index contributed by atoms with van der Waals surface area (Å²) in [6.07, 6.45) is 2.32. The average molecular weight is 451 g/mol. The van der Waals surface area contributed by atoms with Crippen molar-refractivity contribution in [3.8, 4) is 0 Å². The number of hydrogen-bond acceptors (Lipinski definition) is 3. The fraction of sp³-hybridized carbons (Fsp3) is 0.231. The van der Waals surface area contributed by atoms with Crippen molar-refractivity contribution in [1.82, 2.24) is 9.97 Å². The zero-order valence-electron chi connectivity index (χ0n) is 9.83. The van der Waals surface area contributed by atoms with E-state index in [0.717, 1.165) is 38.2 Å². The van der Waals surface area contributed by atoms with Crippen molar-refractivity contribution >= 4 is 61.6 Å². The standard InChI is InChI=1S/C13H10BrClIN3/c14-9-4-3-8(16)5-10(9)17-12-6-11(15)18-13(19-12)7-1-2-7/h3-7H,1-2H2,(H,17,18,19). The molecule has 1 aliphatic carbocycles. The molecule has 19 heavy (non-hydrogen) atoms. The molecule has 1 aromatic heterocycles. The second-order valence-electron chi connectivity index (χ2n) is 4.46. The quantitative estimate of drug-likeness (QED) is 0.521. The summed E-state index contributed by atoms with van der Waals surface area (Å²) in [4.78, 5) is 8.81. The van der Waals surface area contributed by atoms with Gasteiger partial charge < -0.3 is 5.32 Å². The Morgan fingerprint density at radius 1 is 1.26 bits per heavy atom. The Morgan fingerprint density at radius 2 is 2.05 bits per heavy atom. The smallest absolute Gasteiger partial charge is 0.135 e. The van der Waals surface area contributed by atoms with E-state index in [2.05, 4.69) is 59.9 Å². The van der Waals surface area contributed by atoms with Crippen LogP contribution in [0.25, 0.3) is 0 Å². The number of nitrogens with one attached hydrogen (secondary N) is 1. The topological polar surface area (TPSA) is 37.8 Å². The van der Waals surface area contributed by atoms with E-state index < -0.39 is 0 Å². The molecule has 6 heteroatoms. The molecule has 0 unspecified atom stereocenters. The van der Waals surface area contributed by atoms with Gasteiger partial charge in [0.15, 0.2) is 0 Å². The Hall–Kier alpha value is -0.400. The molecule has 98 valence electrons. The molecule has 0 aliphatic heterocycles. The van der Waals surface area contributed by atoms with Gasteiger partial charge in [-0.15, -0.1) is 0 Å². The van der Waals surface area contributed by atoms with Gasteiger partial charge in [0, 0.05) is 20.0 Å². The molecule has 1 N–H and O–H groups in total. The molecule has 3 rings (SSSR count). The summed E-state index contributed by atoms with van der Waals surface area (Å²) in [6, 6.07) is 7.85. The normalized spacial score (nSPS) is 14.5. The SMILES string of the molecule is Clc1cc(Nc2cc(I)ccc2Br)nc(C2CC2)n1. The number of anilines is 2. The molecule has 0 atom stereocenters. The molecular formula is C13H10BrClIN3. The monoisotopic (exact) mass is 449 g/mol. The summed E-state index contributed by atoms with van der Waals surface area (Å²) in [6.45, 7) is 0. The molecule has 0 bridgehead atoms. The lowest BCUT2D eigenvalue weighted by atomic mass is 10.3. The van der Waals surface area contributed by atoms with Gasteiger partial charge in [-0.05, 0) is 69.6 Å². The number of hydrogen-bond donors (Lipinski definition) is 1. The molecular weight excluding hydrogens is 440 g/mol. The lowest BCUT2D eigenvalue weighted by molar-refractivity contribution is 0.930. The summed E-state index contributed by atoms with van der Waals surface area (Å²) >= 11 is 11.9. The maximum absolute atomic E-state index is 6.05. The Labute approximate surface area is 138 Å². The van der Waals surface area contributed by atoms with E-state index >= 15 is 0 Å². The van der Waals surface area contributed by atoms with Crippen LogP contribution in [0.4, 0.5) is 11.5 Å². The van der Waals surface area contributed by atoms with Crippen LogP contribution in [0, 0.1) is 3.57 Å². The second kappa shape index (κ2) is 5.54. The van der Waals surface area contributed by atoms with Crippen LogP contribution >= 0.6 is 50.1 Å². The molecule has 0 saturated heterocycles. The number of benzene rings is 1. The van der Waals surface area contributed by atoms with Gasteiger partial charge in [-0.2, -0.15) is 0 Å². The Balaban J connectivity index is 1.92. The van der Waals surface area contributed by atoms with Crippen molar-refractivity contribution in [2.24, 2.45) is 0 Å². The number of rotatable bonds is 3. The minimum Gasteiger partial charge on any atom is -0.339 e. The van der Waals surface area contributed by atoms with E-state index in [-0.39, 0.29) is 0 Å². The first-order chi connectivity index (χ1) is 9.11. The minimum absolute atomic E-state index is 0.485. The molecule has 2 aromatic rings. The van der Waals surface area contributed by atoms with Gasteiger partial charge in [-0.3, -0.25) is 0 Å². The van der Waals surface area contributed by atoms with Gasteiger partial charge in [-0.25, -0.2) is 9.97 Å². The average Bonchev–Trinajstić information content (AvgIpc) is 3.17. The summed E-state index contributed by atoms with van der Waals surface area (Å²) in [5.41, 5.74) is 0.975. The molecule has 3 nitrogen and oxygen atoms in total. The first kappa shape index (κ1) is 13.6. The van der Waals surface area contributed by atoms with E-state index in [0.29, 0.717) is 11.1 Å². The van der Waals surface area contributed by atoms with Gasteiger partial charge >= 0.3 is 0 Å². The van der Waals surface area contributed by atoms with Gasteiger partial charge in [0.1, 0.15) is 16.8 Å². The molecule has 0 spiro atoms. The van der Waals surface area contributed by atoms with E-state index in [4.69, 9.17) is 11.6 Å². The highest BCUT2D eigenvalue weighted by Crippen LogP contribution is 2.39. The number of nitrogens with zero attached hydrogens (tertiary/aromatic N) is 2. The lowest BCUT2D eigenvalue weighted by Crippen LogP contribution is -2.00. The fourth-order valence-electron chi connectivity index (χ4n) is 1.75. The molecule has 1 aromatic carbocycles. The molecule has 1 saturated carbocycles. The van der Waals surface area contributed by atoms with Crippen LogP contribution in [0.2, 0.25) is 5.15 Å². The fourth-order valence-corrected chi connectivity index (χ4v) is 2.78. The van der Waals surface area contributed by atoms with E-state index in [9.17, 15) is 0 Å². The van der Waals surface area contributed by atoms with Crippen LogP contribution in [0.1, 0.15) is 24.6 Å². The minimum atomic E-state index is 0.485. The largest absolute Gasteiger partial charge is 0.339 e. The summed E-state index contributed by atoms with van der Waals surface area (Å²) in [7, 11) is 0. The van der Waals surface area contributed by atoms with Crippen LogP contribution in [-0.2, 0) is 0 Å². The molecule has 0 radical (unpaired) electrons. The highest BCUT2D eigenvalue weighted by Gasteiger charge is 2.27. The second-order valence-corrected chi connectivity index (χ2v) is 6.94. The Bertz CT molecular complexity index is 631. The molecule has 0 amide bonds. The first-order valence-corrected chi connectivity index (χ1v) is 8.13. The lowest BCUT2D eigenvalue weighted by Gasteiger charge is -2.09. The van der Waals surface area contributed by atoms with Crippen LogP contribution in [-0.4, -0.2) is 9.97 Å². The van der Waals surface area contributed by atoms with Crippen molar-refractivity contribution in [3.63, 3.8) is 0 Å². The van der Waals surface area contributed by atoms with Crippen LogP contribution < -0.4 is 5.32 Å².